The van der Waals surface area contributed by atoms with Gasteiger partial charge >= 0.3 is 11.7 Å². The van der Waals surface area contributed by atoms with Gasteiger partial charge in [-0.25, -0.2) is 4.79 Å². The first-order valence-corrected chi connectivity index (χ1v) is 6.28. The zero-order chi connectivity index (χ0) is 15.3. The highest BCUT2D eigenvalue weighted by atomic mass is 16.6. The number of rotatable bonds is 7. The molecule has 0 saturated heterocycles. The monoisotopic (exact) mass is 282 g/mol. The first-order chi connectivity index (χ1) is 9.40. The molecule has 0 heterocycles. The molecule has 0 radical (unpaired) electrons. The van der Waals surface area contributed by atoms with Gasteiger partial charge in [-0.2, -0.15) is 0 Å². The number of aromatic carboxylic acids is 1. The predicted octanol–water partition coefficient (Wildman–Crippen LogP) is 1.89. The molecule has 110 valence electrons. The number of hydrogen-bond acceptors (Lipinski definition) is 5. The Balaban J connectivity index is 3.37. The molecule has 0 aliphatic carbocycles. The van der Waals surface area contributed by atoms with Crippen LogP contribution in [0.15, 0.2) is 18.2 Å². The Kier molecular flexibility index (Phi) is 5.45. The van der Waals surface area contributed by atoms with Crippen molar-refractivity contribution in [3.63, 3.8) is 0 Å². The van der Waals surface area contributed by atoms with Gasteiger partial charge < -0.3 is 15.1 Å². The summed E-state index contributed by atoms with van der Waals surface area (Å²) in [5, 5.41) is 29.2. The maximum absolute atomic E-state index is 11.2. The van der Waals surface area contributed by atoms with Crippen molar-refractivity contribution in [2.75, 3.05) is 18.1 Å². The standard InChI is InChI=1S/C13H18N2O5/c1-9(2)14(7-4-8-16)11-6-3-5-10(13(17)18)12(11)15(19)20/h3,5-6,9,16H,4,7-8H2,1-2H3,(H,17,18). The molecule has 0 aliphatic rings. The lowest BCUT2D eigenvalue weighted by Crippen LogP contribution is -2.33. The summed E-state index contributed by atoms with van der Waals surface area (Å²) in [7, 11) is 0. The lowest BCUT2D eigenvalue weighted by Gasteiger charge is -2.28. The fourth-order valence-corrected chi connectivity index (χ4v) is 2.03. The van der Waals surface area contributed by atoms with Crippen LogP contribution >= 0.6 is 0 Å². The molecule has 7 heteroatoms. The average molecular weight is 282 g/mol. The molecule has 0 amide bonds. The summed E-state index contributed by atoms with van der Waals surface area (Å²) in [5.41, 5.74) is -0.480. The minimum atomic E-state index is -1.33. The SMILES string of the molecule is CC(C)N(CCCO)c1cccc(C(=O)O)c1[N+](=O)[O-]. The van der Waals surface area contributed by atoms with E-state index >= 15 is 0 Å². The zero-order valence-electron chi connectivity index (χ0n) is 11.4. The summed E-state index contributed by atoms with van der Waals surface area (Å²) in [6.45, 7) is 4.09. The number of aliphatic hydroxyl groups excluding tert-OH is 1. The maximum atomic E-state index is 11.2. The van der Waals surface area contributed by atoms with Crippen LogP contribution in [0.2, 0.25) is 0 Å². The van der Waals surface area contributed by atoms with Gasteiger partial charge in [0.05, 0.1) is 4.92 Å². The van der Waals surface area contributed by atoms with E-state index in [0.717, 1.165) is 0 Å². The molecule has 0 saturated carbocycles. The fourth-order valence-electron chi connectivity index (χ4n) is 2.03. The number of nitro groups is 1. The van der Waals surface area contributed by atoms with Crippen molar-refractivity contribution >= 4 is 17.3 Å². The number of benzene rings is 1. The summed E-state index contributed by atoms with van der Waals surface area (Å²) in [5.74, 6) is -1.33. The number of hydrogen-bond donors (Lipinski definition) is 2. The minimum Gasteiger partial charge on any atom is -0.477 e. The molecule has 0 spiro atoms. The van der Waals surface area contributed by atoms with Crippen LogP contribution in [0, 0.1) is 10.1 Å². The fraction of sp³-hybridized carbons (Fsp3) is 0.462. The highest BCUT2D eigenvalue weighted by Crippen LogP contribution is 2.33. The first kappa shape index (κ1) is 15.9. The van der Waals surface area contributed by atoms with Gasteiger partial charge in [0, 0.05) is 19.2 Å². The van der Waals surface area contributed by atoms with Crippen LogP contribution in [-0.4, -0.2) is 40.3 Å². The van der Waals surface area contributed by atoms with E-state index in [9.17, 15) is 14.9 Å². The Morgan fingerprint density at radius 2 is 2.10 bits per heavy atom. The summed E-state index contributed by atoms with van der Waals surface area (Å²) < 4.78 is 0. The van der Waals surface area contributed by atoms with E-state index in [4.69, 9.17) is 10.2 Å². The van der Waals surface area contributed by atoms with Crippen LogP contribution in [-0.2, 0) is 0 Å². The molecule has 0 aliphatic heterocycles. The third-order valence-corrected chi connectivity index (χ3v) is 2.92. The minimum absolute atomic E-state index is 0.0321. The topological polar surface area (TPSA) is 104 Å². The van der Waals surface area contributed by atoms with E-state index in [1.165, 1.54) is 18.2 Å². The number of anilines is 1. The Morgan fingerprint density at radius 3 is 2.55 bits per heavy atom. The van der Waals surface area contributed by atoms with E-state index in [0.29, 0.717) is 13.0 Å². The molecule has 0 bridgehead atoms. The zero-order valence-corrected chi connectivity index (χ0v) is 11.4. The Labute approximate surface area is 116 Å². The Morgan fingerprint density at radius 1 is 1.45 bits per heavy atom. The molecule has 0 aromatic heterocycles. The molecule has 0 unspecified atom stereocenters. The molecule has 1 aromatic carbocycles. The van der Waals surface area contributed by atoms with E-state index in [-0.39, 0.29) is 23.9 Å². The lowest BCUT2D eigenvalue weighted by molar-refractivity contribution is -0.384. The summed E-state index contributed by atoms with van der Waals surface area (Å²) >= 11 is 0. The van der Waals surface area contributed by atoms with Crippen molar-refractivity contribution in [3.05, 3.63) is 33.9 Å². The van der Waals surface area contributed by atoms with Gasteiger partial charge in [-0.05, 0) is 32.4 Å². The summed E-state index contributed by atoms with van der Waals surface area (Å²) in [4.78, 5) is 23.4. The smallest absolute Gasteiger partial charge is 0.342 e. The second kappa shape index (κ2) is 6.85. The number of carboxylic acids is 1. The van der Waals surface area contributed by atoms with Crippen LogP contribution in [0.25, 0.3) is 0 Å². The second-order valence-corrected chi connectivity index (χ2v) is 4.60. The summed E-state index contributed by atoms with van der Waals surface area (Å²) in [6.07, 6.45) is 0.451. The van der Waals surface area contributed by atoms with Gasteiger partial charge in [0.15, 0.2) is 0 Å². The third-order valence-electron chi connectivity index (χ3n) is 2.92. The normalized spacial score (nSPS) is 10.6. The maximum Gasteiger partial charge on any atom is 0.342 e. The van der Waals surface area contributed by atoms with Crippen LogP contribution in [0.1, 0.15) is 30.6 Å². The molecule has 0 fully saturated rings. The number of carbonyl (C=O) groups is 1. The Bertz CT molecular complexity index is 502. The van der Waals surface area contributed by atoms with Gasteiger partial charge in [-0.15, -0.1) is 0 Å². The first-order valence-electron chi connectivity index (χ1n) is 6.28. The van der Waals surface area contributed by atoms with Crippen LogP contribution < -0.4 is 4.90 Å². The molecule has 7 nitrogen and oxygen atoms in total. The number of nitrogens with zero attached hydrogens (tertiary/aromatic N) is 2. The van der Waals surface area contributed by atoms with Crippen molar-refractivity contribution in [3.8, 4) is 0 Å². The summed E-state index contributed by atoms with van der Waals surface area (Å²) in [6, 6.07) is 4.18. The molecule has 20 heavy (non-hydrogen) atoms. The van der Waals surface area contributed by atoms with Crippen LogP contribution in [0.3, 0.4) is 0 Å². The van der Waals surface area contributed by atoms with Crippen molar-refractivity contribution in [1.82, 2.24) is 0 Å². The van der Waals surface area contributed by atoms with E-state index in [1.807, 2.05) is 13.8 Å². The van der Waals surface area contributed by atoms with Gasteiger partial charge in [0.1, 0.15) is 11.3 Å². The van der Waals surface area contributed by atoms with Gasteiger partial charge in [-0.1, -0.05) is 6.07 Å². The number of nitro benzene ring substituents is 1. The molecule has 1 rings (SSSR count). The van der Waals surface area contributed by atoms with E-state index in [1.54, 1.807) is 4.90 Å². The molecular weight excluding hydrogens is 264 g/mol. The van der Waals surface area contributed by atoms with E-state index < -0.39 is 16.6 Å². The molecule has 0 atom stereocenters. The highest BCUT2D eigenvalue weighted by molar-refractivity contribution is 5.95. The highest BCUT2D eigenvalue weighted by Gasteiger charge is 2.28. The number of aliphatic hydroxyl groups is 1. The van der Waals surface area contributed by atoms with Crippen molar-refractivity contribution in [2.45, 2.75) is 26.3 Å². The van der Waals surface area contributed by atoms with Crippen LogP contribution in [0.4, 0.5) is 11.4 Å². The second-order valence-electron chi connectivity index (χ2n) is 4.60. The lowest BCUT2D eigenvalue weighted by atomic mass is 10.1. The van der Waals surface area contributed by atoms with Gasteiger partial charge in [0.2, 0.25) is 0 Å². The molecule has 1 aromatic rings. The largest absolute Gasteiger partial charge is 0.477 e. The van der Waals surface area contributed by atoms with Crippen molar-refractivity contribution in [2.24, 2.45) is 0 Å². The quantitative estimate of drug-likeness (QED) is 0.584. The van der Waals surface area contributed by atoms with E-state index in [2.05, 4.69) is 0 Å². The average Bonchev–Trinajstić information content (AvgIpc) is 2.38. The van der Waals surface area contributed by atoms with Gasteiger partial charge in [0.25, 0.3) is 0 Å². The van der Waals surface area contributed by atoms with Crippen LogP contribution in [0.5, 0.6) is 0 Å². The third kappa shape index (κ3) is 3.45. The van der Waals surface area contributed by atoms with Crippen molar-refractivity contribution < 1.29 is 19.9 Å². The van der Waals surface area contributed by atoms with Gasteiger partial charge in [-0.3, -0.25) is 10.1 Å². The Hall–Kier alpha value is -2.15. The predicted molar refractivity (Wildman–Crippen MR) is 74.2 cm³/mol. The number of carboxylic acid groups (broad SMARTS) is 1. The molecule has 2 N–H and O–H groups in total. The molecular formula is C13H18N2O5. The van der Waals surface area contributed by atoms with Crippen molar-refractivity contribution in [1.29, 1.82) is 0 Å². The number of para-hydroxylation sites is 1.